The minimum Gasteiger partial charge on any atom is -0.541 e. The first-order valence-corrected chi connectivity index (χ1v) is 10.3. The molecule has 1 aliphatic rings. The largest absolute Gasteiger partial charge is 0.541 e. The number of nitro groups is 1. The molecule has 1 rings (SSSR count). The minimum absolute atomic E-state index is 0.155. The SMILES string of the molecule is CC(C)[Si](OC1=CCCCC1(C)[N+](=O)[O-])(C(C)C)C(C)C. The van der Waals surface area contributed by atoms with Gasteiger partial charge in [-0.25, -0.2) is 0 Å². The summed E-state index contributed by atoms with van der Waals surface area (Å²) in [6, 6.07) is 0. The summed E-state index contributed by atoms with van der Waals surface area (Å²) in [6.07, 6.45) is 4.30. The molecule has 1 unspecified atom stereocenters. The fourth-order valence-electron chi connectivity index (χ4n) is 3.90. The van der Waals surface area contributed by atoms with Crippen LogP contribution in [0.15, 0.2) is 11.8 Å². The van der Waals surface area contributed by atoms with Gasteiger partial charge in [-0.05, 0) is 35.5 Å². The molecule has 0 saturated heterocycles. The molecule has 0 N–H and O–H groups in total. The fraction of sp³-hybridized carbons (Fsp3) is 0.875. The summed E-state index contributed by atoms with van der Waals surface area (Å²) in [7, 11) is -2.12. The molecule has 0 aromatic rings. The second-order valence-electron chi connectivity index (χ2n) is 7.41. The van der Waals surface area contributed by atoms with E-state index >= 15 is 0 Å². The minimum atomic E-state index is -2.12. The molecular formula is C16H31NO3Si. The smallest absolute Gasteiger partial charge is 0.273 e. The van der Waals surface area contributed by atoms with Crippen LogP contribution in [-0.4, -0.2) is 18.8 Å². The number of allylic oxidation sites excluding steroid dienone is 1. The molecule has 0 aromatic carbocycles. The molecule has 4 nitrogen and oxygen atoms in total. The Morgan fingerprint density at radius 2 is 1.67 bits per heavy atom. The highest BCUT2D eigenvalue weighted by Gasteiger charge is 2.52. The Morgan fingerprint density at radius 1 is 1.19 bits per heavy atom. The van der Waals surface area contributed by atoms with E-state index in [1.54, 1.807) is 6.92 Å². The van der Waals surface area contributed by atoms with Gasteiger partial charge in [0, 0.05) is 18.3 Å². The lowest BCUT2D eigenvalue weighted by Crippen LogP contribution is -2.51. The van der Waals surface area contributed by atoms with Crippen LogP contribution in [0, 0.1) is 10.1 Å². The average molecular weight is 314 g/mol. The van der Waals surface area contributed by atoms with Crippen molar-refractivity contribution < 1.29 is 9.35 Å². The van der Waals surface area contributed by atoms with Crippen molar-refractivity contribution in [3.05, 3.63) is 21.9 Å². The van der Waals surface area contributed by atoms with Gasteiger partial charge >= 0.3 is 0 Å². The van der Waals surface area contributed by atoms with Crippen LogP contribution >= 0.6 is 0 Å². The summed E-state index contributed by atoms with van der Waals surface area (Å²) < 4.78 is 6.60. The molecular weight excluding hydrogens is 282 g/mol. The van der Waals surface area contributed by atoms with Crippen molar-refractivity contribution in [2.45, 2.75) is 89.9 Å². The Balaban J connectivity index is 3.25. The molecule has 0 bridgehead atoms. The second-order valence-corrected chi connectivity index (χ2v) is 12.8. The van der Waals surface area contributed by atoms with Crippen LogP contribution < -0.4 is 0 Å². The van der Waals surface area contributed by atoms with Crippen molar-refractivity contribution >= 4 is 8.32 Å². The molecule has 0 radical (unpaired) electrons. The molecule has 0 fully saturated rings. The maximum Gasteiger partial charge on any atom is 0.273 e. The van der Waals surface area contributed by atoms with Crippen molar-refractivity contribution in [1.82, 2.24) is 0 Å². The van der Waals surface area contributed by atoms with Gasteiger partial charge in [0.1, 0.15) is 0 Å². The van der Waals surface area contributed by atoms with Crippen molar-refractivity contribution in [3.63, 3.8) is 0 Å². The predicted octanol–water partition coefficient (Wildman–Crippen LogP) is 5.28. The normalized spacial score (nSPS) is 23.6. The third kappa shape index (κ3) is 3.17. The van der Waals surface area contributed by atoms with Crippen LogP contribution in [0.5, 0.6) is 0 Å². The van der Waals surface area contributed by atoms with E-state index < -0.39 is 13.9 Å². The molecule has 1 aliphatic carbocycles. The molecule has 0 aromatic heterocycles. The number of hydrogen-bond donors (Lipinski definition) is 0. The summed E-state index contributed by atoms with van der Waals surface area (Å²) in [4.78, 5) is 11.4. The molecule has 0 heterocycles. The molecule has 0 saturated carbocycles. The fourth-order valence-corrected chi connectivity index (χ4v) is 9.29. The van der Waals surface area contributed by atoms with Gasteiger partial charge in [-0.1, -0.05) is 41.5 Å². The van der Waals surface area contributed by atoms with Gasteiger partial charge in [-0.2, -0.15) is 0 Å². The molecule has 0 spiro atoms. The first kappa shape index (κ1) is 18.2. The van der Waals surface area contributed by atoms with E-state index in [2.05, 4.69) is 41.5 Å². The number of hydrogen-bond acceptors (Lipinski definition) is 3. The van der Waals surface area contributed by atoms with Gasteiger partial charge in [0.15, 0.2) is 5.76 Å². The molecule has 0 aliphatic heterocycles. The zero-order valence-corrected chi connectivity index (χ0v) is 15.6. The number of rotatable bonds is 6. The van der Waals surface area contributed by atoms with Crippen molar-refractivity contribution in [2.24, 2.45) is 0 Å². The first-order chi connectivity index (χ1) is 9.59. The van der Waals surface area contributed by atoms with Crippen molar-refractivity contribution in [2.75, 3.05) is 0 Å². The summed E-state index contributed by atoms with van der Waals surface area (Å²) in [5, 5.41) is 11.6. The molecule has 5 heteroatoms. The van der Waals surface area contributed by atoms with Gasteiger partial charge in [0.2, 0.25) is 0 Å². The van der Waals surface area contributed by atoms with Crippen LogP contribution in [0.25, 0.3) is 0 Å². The van der Waals surface area contributed by atoms with Gasteiger partial charge in [0.05, 0.1) is 0 Å². The van der Waals surface area contributed by atoms with Gasteiger partial charge < -0.3 is 4.43 Å². The quantitative estimate of drug-likeness (QED) is 0.381. The van der Waals surface area contributed by atoms with Gasteiger partial charge in [-0.15, -0.1) is 0 Å². The third-order valence-corrected chi connectivity index (χ3v) is 11.1. The van der Waals surface area contributed by atoms with Crippen molar-refractivity contribution in [1.29, 1.82) is 0 Å². The zero-order chi connectivity index (χ0) is 16.4. The lowest BCUT2D eigenvalue weighted by molar-refractivity contribution is -0.559. The summed E-state index contributed by atoms with van der Waals surface area (Å²) in [5.74, 6) is 0.626. The summed E-state index contributed by atoms with van der Waals surface area (Å²) in [6.45, 7) is 15.0. The summed E-state index contributed by atoms with van der Waals surface area (Å²) in [5.41, 5.74) is 0.235. The van der Waals surface area contributed by atoms with E-state index in [9.17, 15) is 10.1 Å². The Kier molecular flexibility index (Phi) is 5.64. The van der Waals surface area contributed by atoms with Gasteiger partial charge in [0.25, 0.3) is 13.9 Å². The topological polar surface area (TPSA) is 52.4 Å². The highest BCUT2D eigenvalue weighted by atomic mass is 28.4. The van der Waals surface area contributed by atoms with Crippen LogP contribution in [0.4, 0.5) is 0 Å². The lowest BCUT2D eigenvalue weighted by atomic mass is 9.88. The maximum atomic E-state index is 11.6. The van der Waals surface area contributed by atoms with Crippen LogP contribution in [0.1, 0.15) is 67.7 Å². The maximum absolute atomic E-state index is 11.6. The Hall–Kier alpha value is -0.843. The molecule has 0 amide bonds. The van der Waals surface area contributed by atoms with Crippen LogP contribution in [0.2, 0.25) is 16.6 Å². The Labute approximate surface area is 130 Å². The highest BCUT2D eigenvalue weighted by Crippen LogP contribution is 2.46. The second kappa shape index (κ2) is 6.51. The van der Waals surface area contributed by atoms with E-state index in [0.29, 0.717) is 28.8 Å². The van der Waals surface area contributed by atoms with Crippen LogP contribution in [0.3, 0.4) is 0 Å². The third-order valence-electron chi connectivity index (χ3n) is 5.13. The molecule has 122 valence electrons. The summed E-state index contributed by atoms with van der Waals surface area (Å²) >= 11 is 0. The van der Waals surface area contributed by atoms with E-state index in [-0.39, 0.29) is 4.92 Å². The van der Waals surface area contributed by atoms with Gasteiger partial charge in [-0.3, -0.25) is 10.1 Å². The predicted molar refractivity (Wildman–Crippen MR) is 89.5 cm³/mol. The standard InChI is InChI=1S/C16H31NO3Si/c1-12(2)21(13(3)4,14(5)6)20-15-10-8-9-11-16(15,7)17(18)19/h10,12-14H,8-9,11H2,1-7H3. The lowest BCUT2D eigenvalue weighted by Gasteiger charge is -2.44. The monoisotopic (exact) mass is 313 g/mol. The Morgan fingerprint density at radius 3 is 2.05 bits per heavy atom. The van der Waals surface area contributed by atoms with E-state index in [1.165, 1.54) is 0 Å². The average Bonchev–Trinajstić information content (AvgIpc) is 2.36. The first-order valence-electron chi connectivity index (χ1n) is 8.13. The zero-order valence-electron chi connectivity index (χ0n) is 14.6. The van der Waals surface area contributed by atoms with Crippen LogP contribution in [-0.2, 0) is 4.43 Å². The number of nitrogens with zero attached hydrogens (tertiary/aromatic N) is 1. The highest BCUT2D eigenvalue weighted by molar-refractivity contribution is 6.77. The van der Waals surface area contributed by atoms with Crippen molar-refractivity contribution in [3.8, 4) is 0 Å². The van der Waals surface area contributed by atoms with E-state index in [1.807, 2.05) is 6.08 Å². The molecule has 1 atom stereocenters. The molecule has 21 heavy (non-hydrogen) atoms. The van der Waals surface area contributed by atoms with E-state index in [4.69, 9.17) is 4.43 Å². The van der Waals surface area contributed by atoms with E-state index in [0.717, 1.165) is 12.8 Å². The Bertz CT molecular complexity index is 396.